The Bertz CT molecular complexity index is 482. The molecule has 1 amide bonds. The van der Waals surface area contributed by atoms with Crippen LogP contribution in [0, 0.1) is 0 Å². The van der Waals surface area contributed by atoms with E-state index in [-0.39, 0.29) is 34.7 Å². The van der Waals surface area contributed by atoms with Gasteiger partial charge in [0.05, 0.1) is 6.10 Å². The van der Waals surface area contributed by atoms with Gasteiger partial charge in [0.2, 0.25) is 0 Å². The summed E-state index contributed by atoms with van der Waals surface area (Å²) in [6, 6.07) is 5.38. The molecule has 1 aromatic rings. The van der Waals surface area contributed by atoms with Crippen LogP contribution in [-0.2, 0) is 0 Å². The van der Waals surface area contributed by atoms with E-state index in [1.165, 1.54) is 24.3 Å². The minimum absolute atomic E-state index is 0.0186. The van der Waals surface area contributed by atoms with Crippen LogP contribution >= 0.6 is 11.8 Å². The Hall–Kier alpha value is -1.21. The van der Waals surface area contributed by atoms with Crippen LogP contribution in [0.2, 0.25) is 0 Å². The van der Waals surface area contributed by atoms with Gasteiger partial charge in [-0.1, -0.05) is 0 Å². The van der Waals surface area contributed by atoms with Gasteiger partial charge >= 0.3 is 5.51 Å². The summed E-state index contributed by atoms with van der Waals surface area (Å²) in [7, 11) is 0. The lowest BCUT2D eigenvalue weighted by molar-refractivity contribution is -0.0328. The Labute approximate surface area is 124 Å². The quantitative estimate of drug-likeness (QED) is 0.840. The van der Waals surface area contributed by atoms with Crippen molar-refractivity contribution in [2.45, 2.75) is 48.2 Å². The predicted molar refractivity (Wildman–Crippen MR) is 74.1 cm³/mol. The standard InChI is InChI=1S/C14H16F3NO2S/c15-14(16,17)21-12-7-1-9(2-8-12)13(20)18-10-3-5-11(19)6-4-10/h1-2,7-8,10-11,19H,3-6H2,(H,18,20). The van der Waals surface area contributed by atoms with Crippen molar-refractivity contribution in [2.24, 2.45) is 0 Å². The normalized spacial score (nSPS) is 22.9. The lowest BCUT2D eigenvalue weighted by atomic mass is 9.93. The number of amides is 1. The van der Waals surface area contributed by atoms with E-state index < -0.39 is 5.51 Å². The number of nitrogens with one attached hydrogen (secondary N) is 1. The van der Waals surface area contributed by atoms with E-state index in [0.29, 0.717) is 18.4 Å². The number of carbonyl (C=O) groups is 1. The van der Waals surface area contributed by atoms with Crippen LogP contribution in [0.15, 0.2) is 29.2 Å². The molecule has 0 aliphatic heterocycles. The molecule has 3 nitrogen and oxygen atoms in total. The largest absolute Gasteiger partial charge is 0.446 e. The van der Waals surface area contributed by atoms with Crippen molar-refractivity contribution in [3.8, 4) is 0 Å². The van der Waals surface area contributed by atoms with E-state index >= 15 is 0 Å². The lowest BCUT2D eigenvalue weighted by Crippen LogP contribution is -2.38. The molecule has 0 unspecified atom stereocenters. The summed E-state index contributed by atoms with van der Waals surface area (Å²) in [5.41, 5.74) is -3.99. The number of benzene rings is 1. The summed E-state index contributed by atoms with van der Waals surface area (Å²) in [5, 5.41) is 12.2. The number of hydrogen-bond donors (Lipinski definition) is 2. The van der Waals surface area contributed by atoms with Crippen molar-refractivity contribution < 1.29 is 23.1 Å². The highest BCUT2D eigenvalue weighted by Gasteiger charge is 2.29. The topological polar surface area (TPSA) is 49.3 Å². The van der Waals surface area contributed by atoms with Crippen molar-refractivity contribution in [1.82, 2.24) is 5.32 Å². The predicted octanol–water partition coefficient (Wildman–Crippen LogP) is 3.33. The summed E-state index contributed by atoms with van der Waals surface area (Å²) < 4.78 is 36.6. The third kappa shape index (κ3) is 5.24. The summed E-state index contributed by atoms with van der Waals surface area (Å²) in [6.45, 7) is 0. The van der Waals surface area contributed by atoms with Gasteiger partial charge in [0.25, 0.3) is 5.91 Å². The Morgan fingerprint density at radius 2 is 1.71 bits per heavy atom. The number of halogens is 3. The average molecular weight is 319 g/mol. The molecule has 7 heteroatoms. The molecule has 0 aromatic heterocycles. The Morgan fingerprint density at radius 1 is 1.14 bits per heavy atom. The highest BCUT2D eigenvalue weighted by Crippen LogP contribution is 2.36. The number of aliphatic hydroxyl groups is 1. The van der Waals surface area contributed by atoms with Crippen LogP contribution in [-0.4, -0.2) is 28.7 Å². The van der Waals surface area contributed by atoms with E-state index in [2.05, 4.69) is 5.32 Å². The number of thioether (sulfide) groups is 1. The van der Waals surface area contributed by atoms with E-state index in [0.717, 1.165) is 12.8 Å². The van der Waals surface area contributed by atoms with Gasteiger partial charge in [0.1, 0.15) is 0 Å². The maximum atomic E-state index is 12.2. The monoisotopic (exact) mass is 319 g/mol. The molecule has 0 heterocycles. The fourth-order valence-electron chi connectivity index (χ4n) is 2.30. The molecule has 0 atom stereocenters. The molecule has 0 saturated heterocycles. The number of carbonyl (C=O) groups excluding carboxylic acids is 1. The Kier molecular flexibility index (Phi) is 5.16. The molecule has 1 saturated carbocycles. The first-order valence-electron chi connectivity index (χ1n) is 6.68. The number of rotatable bonds is 3. The minimum atomic E-state index is -4.33. The highest BCUT2D eigenvalue weighted by molar-refractivity contribution is 8.00. The molecule has 1 aliphatic carbocycles. The Morgan fingerprint density at radius 3 is 2.24 bits per heavy atom. The van der Waals surface area contributed by atoms with Gasteiger partial charge in [-0.15, -0.1) is 0 Å². The zero-order chi connectivity index (χ0) is 15.5. The third-order valence-corrected chi connectivity index (χ3v) is 4.12. The maximum absolute atomic E-state index is 12.2. The summed E-state index contributed by atoms with van der Waals surface area (Å²) in [6.07, 6.45) is 2.46. The first-order chi connectivity index (χ1) is 9.83. The second kappa shape index (κ2) is 6.70. The second-order valence-corrected chi connectivity index (χ2v) is 6.19. The molecule has 1 fully saturated rings. The number of alkyl halides is 3. The summed E-state index contributed by atoms with van der Waals surface area (Å²) >= 11 is -0.202. The second-order valence-electron chi connectivity index (χ2n) is 5.05. The fourth-order valence-corrected chi connectivity index (χ4v) is 2.84. The van der Waals surface area contributed by atoms with Crippen LogP contribution in [0.5, 0.6) is 0 Å². The van der Waals surface area contributed by atoms with Crippen molar-refractivity contribution in [3.63, 3.8) is 0 Å². The SMILES string of the molecule is O=C(NC1CCC(O)CC1)c1ccc(SC(F)(F)F)cc1. The molecule has 1 aromatic carbocycles. The Balaban J connectivity index is 1.91. The fraction of sp³-hybridized carbons (Fsp3) is 0.500. The molecule has 2 N–H and O–H groups in total. The maximum Gasteiger partial charge on any atom is 0.446 e. The number of hydrogen-bond acceptors (Lipinski definition) is 3. The average Bonchev–Trinajstić information content (AvgIpc) is 2.40. The molecule has 0 spiro atoms. The molecule has 2 rings (SSSR count). The van der Waals surface area contributed by atoms with Crippen molar-refractivity contribution in [3.05, 3.63) is 29.8 Å². The van der Waals surface area contributed by atoms with Crippen molar-refractivity contribution >= 4 is 17.7 Å². The van der Waals surface area contributed by atoms with Crippen LogP contribution in [0.4, 0.5) is 13.2 Å². The zero-order valence-electron chi connectivity index (χ0n) is 11.2. The molecule has 1 aliphatic rings. The van der Waals surface area contributed by atoms with Gasteiger partial charge in [0.15, 0.2) is 0 Å². The first-order valence-corrected chi connectivity index (χ1v) is 7.50. The number of aliphatic hydroxyl groups excluding tert-OH is 1. The van der Waals surface area contributed by atoms with Crippen LogP contribution in [0.1, 0.15) is 36.0 Å². The molecule has 116 valence electrons. The summed E-state index contributed by atoms with van der Waals surface area (Å²) in [4.78, 5) is 12.0. The molecule has 21 heavy (non-hydrogen) atoms. The van der Waals surface area contributed by atoms with Gasteiger partial charge in [-0.25, -0.2) is 0 Å². The van der Waals surface area contributed by atoms with Gasteiger partial charge in [-0.05, 0) is 61.7 Å². The van der Waals surface area contributed by atoms with Crippen LogP contribution in [0.25, 0.3) is 0 Å². The van der Waals surface area contributed by atoms with E-state index in [9.17, 15) is 23.1 Å². The zero-order valence-corrected chi connectivity index (χ0v) is 12.0. The van der Waals surface area contributed by atoms with Crippen molar-refractivity contribution in [2.75, 3.05) is 0 Å². The molecule has 0 bridgehead atoms. The smallest absolute Gasteiger partial charge is 0.393 e. The van der Waals surface area contributed by atoms with Gasteiger partial charge in [-0.2, -0.15) is 13.2 Å². The van der Waals surface area contributed by atoms with E-state index in [4.69, 9.17) is 0 Å². The molecular formula is C14H16F3NO2S. The van der Waals surface area contributed by atoms with E-state index in [1.54, 1.807) is 0 Å². The minimum Gasteiger partial charge on any atom is -0.393 e. The first kappa shape index (κ1) is 16.2. The van der Waals surface area contributed by atoms with E-state index in [1.807, 2.05) is 0 Å². The van der Waals surface area contributed by atoms with Crippen LogP contribution in [0.3, 0.4) is 0 Å². The van der Waals surface area contributed by atoms with Gasteiger partial charge < -0.3 is 10.4 Å². The van der Waals surface area contributed by atoms with Gasteiger partial charge in [-0.3, -0.25) is 4.79 Å². The molecule has 0 radical (unpaired) electrons. The van der Waals surface area contributed by atoms with Crippen LogP contribution < -0.4 is 5.32 Å². The molecular weight excluding hydrogens is 303 g/mol. The van der Waals surface area contributed by atoms with Gasteiger partial charge in [0, 0.05) is 16.5 Å². The summed E-state index contributed by atoms with van der Waals surface area (Å²) in [5.74, 6) is -0.292. The lowest BCUT2D eigenvalue weighted by Gasteiger charge is -2.26. The highest BCUT2D eigenvalue weighted by atomic mass is 32.2. The van der Waals surface area contributed by atoms with Crippen molar-refractivity contribution in [1.29, 1.82) is 0 Å². The third-order valence-electron chi connectivity index (χ3n) is 3.38.